The first-order chi connectivity index (χ1) is 10.8. The zero-order valence-corrected chi connectivity index (χ0v) is 13.4. The topological polar surface area (TPSA) is 20.3 Å². The number of halogens is 1. The van der Waals surface area contributed by atoms with E-state index in [4.69, 9.17) is 0 Å². The third kappa shape index (κ3) is 2.95. The zero-order chi connectivity index (χ0) is 15.4. The van der Waals surface area contributed by atoms with Crippen LogP contribution < -0.4 is 4.90 Å². The second kappa shape index (κ2) is 6.58. The summed E-state index contributed by atoms with van der Waals surface area (Å²) >= 11 is 3.46. The van der Waals surface area contributed by atoms with E-state index >= 15 is 0 Å². The maximum atomic E-state index is 13.1. The molecule has 3 heteroatoms. The van der Waals surface area contributed by atoms with Crippen molar-refractivity contribution in [2.75, 3.05) is 4.90 Å². The Balaban J connectivity index is 2.11. The molecule has 0 heterocycles. The molecule has 0 aliphatic carbocycles. The summed E-state index contributed by atoms with van der Waals surface area (Å²) in [6.45, 7) is 0. The third-order valence-electron chi connectivity index (χ3n) is 3.34. The molecule has 22 heavy (non-hydrogen) atoms. The van der Waals surface area contributed by atoms with Crippen LogP contribution in [0.2, 0.25) is 0 Å². The fourth-order valence-corrected chi connectivity index (χ4v) is 2.75. The van der Waals surface area contributed by atoms with Gasteiger partial charge in [-0.1, -0.05) is 48.5 Å². The standard InChI is InChI=1S/C19H14BrNO/c20-18-14-8-7-13-17(18)19(22)21(15-9-3-1-4-10-15)16-11-5-2-6-12-16/h1-14H. The quantitative estimate of drug-likeness (QED) is 0.616. The first-order valence-electron chi connectivity index (χ1n) is 6.96. The number of hydrogen-bond donors (Lipinski definition) is 0. The molecule has 0 aliphatic heterocycles. The number of nitrogens with zero attached hydrogens (tertiary/aromatic N) is 1. The summed E-state index contributed by atoms with van der Waals surface area (Å²) in [7, 11) is 0. The highest BCUT2D eigenvalue weighted by Crippen LogP contribution is 2.29. The lowest BCUT2D eigenvalue weighted by Gasteiger charge is -2.23. The third-order valence-corrected chi connectivity index (χ3v) is 4.03. The summed E-state index contributed by atoms with van der Waals surface area (Å²) in [5.74, 6) is -0.0649. The number of amides is 1. The second-order valence-electron chi connectivity index (χ2n) is 4.79. The van der Waals surface area contributed by atoms with Crippen LogP contribution in [-0.4, -0.2) is 5.91 Å². The molecular formula is C19H14BrNO. The first kappa shape index (κ1) is 14.5. The Morgan fingerprint density at radius 1 is 0.682 bits per heavy atom. The molecule has 0 aliphatic rings. The summed E-state index contributed by atoms with van der Waals surface area (Å²) in [5.41, 5.74) is 2.32. The minimum atomic E-state index is -0.0649. The van der Waals surface area contributed by atoms with Crippen molar-refractivity contribution in [3.8, 4) is 0 Å². The molecular weight excluding hydrogens is 338 g/mol. The SMILES string of the molecule is O=C(c1ccccc1Br)N(c1ccccc1)c1ccccc1. The minimum Gasteiger partial charge on any atom is -0.277 e. The number of benzene rings is 3. The van der Waals surface area contributed by atoms with Gasteiger partial charge in [0.25, 0.3) is 5.91 Å². The van der Waals surface area contributed by atoms with Crippen LogP contribution in [0.3, 0.4) is 0 Å². The maximum absolute atomic E-state index is 13.1. The number of carbonyl (C=O) groups is 1. The molecule has 3 rings (SSSR count). The second-order valence-corrected chi connectivity index (χ2v) is 5.65. The molecule has 108 valence electrons. The molecule has 0 radical (unpaired) electrons. The van der Waals surface area contributed by atoms with Gasteiger partial charge in [0.2, 0.25) is 0 Å². The van der Waals surface area contributed by atoms with E-state index < -0.39 is 0 Å². The van der Waals surface area contributed by atoms with E-state index in [9.17, 15) is 4.79 Å². The van der Waals surface area contributed by atoms with Gasteiger partial charge < -0.3 is 0 Å². The average Bonchev–Trinajstić information content (AvgIpc) is 2.57. The summed E-state index contributed by atoms with van der Waals surface area (Å²) in [6.07, 6.45) is 0. The fraction of sp³-hybridized carbons (Fsp3) is 0. The van der Waals surface area contributed by atoms with Crippen molar-refractivity contribution in [3.05, 3.63) is 95.0 Å². The van der Waals surface area contributed by atoms with E-state index in [1.54, 1.807) is 4.90 Å². The van der Waals surface area contributed by atoms with Gasteiger partial charge in [0.1, 0.15) is 0 Å². The minimum absolute atomic E-state index is 0.0649. The Morgan fingerprint density at radius 2 is 1.14 bits per heavy atom. The highest BCUT2D eigenvalue weighted by molar-refractivity contribution is 9.10. The van der Waals surface area contributed by atoms with Crippen LogP contribution in [0, 0.1) is 0 Å². The molecule has 0 atom stereocenters. The molecule has 0 N–H and O–H groups in total. The van der Waals surface area contributed by atoms with Gasteiger partial charge in [-0.3, -0.25) is 9.69 Å². The molecule has 2 nitrogen and oxygen atoms in total. The number of anilines is 2. The Kier molecular flexibility index (Phi) is 4.35. The maximum Gasteiger partial charge on any atom is 0.263 e. The van der Waals surface area contributed by atoms with Crippen molar-refractivity contribution in [2.24, 2.45) is 0 Å². The van der Waals surface area contributed by atoms with Crippen LogP contribution in [0.15, 0.2) is 89.4 Å². The molecule has 0 saturated carbocycles. The van der Waals surface area contributed by atoms with Crippen molar-refractivity contribution in [1.82, 2.24) is 0 Å². The molecule has 0 fully saturated rings. The van der Waals surface area contributed by atoms with Crippen molar-refractivity contribution < 1.29 is 4.79 Å². The number of rotatable bonds is 3. The number of para-hydroxylation sites is 2. The van der Waals surface area contributed by atoms with E-state index in [2.05, 4.69) is 15.9 Å². The Bertz CT molecular complexity index is 732. The fourth-order valence-electron chi connectivity index (χ4n) is 2.29. The Hall–Kier alpha value is -2.39. The summed E-state index contributed by atoms with van der Waals surface area (Å²) < 4.78 is 0.789. The van der Waals surface area contributed by atoms with Crippen LogP contribution >= 0.6 is 15.9 Å². The van der Waals surface area contributed by atoms with Gasteiger partial charge in [-0.05, 0) is 52.3 Å². The van der Waals surface area contributed by atoms with Crippen LogP contribution in [-0.2, 0) is 0 Å². The van der Waals surface area contributed by atoms with Gasteiger partial charge in [0.05, 0.1) is 5.56 Å². The van der Waals surface area contributed by atoms with Crippen molar-refractivity contribution in [3.63, 3.8) is 0 Å². The largest absolute Gasteiger partial charge is 0.277 e. The lowest BCUT2D eigenvalue weighted by Crippen LogP contribution is -2.26. The van der Waals surface area contributed by atoms with Gasteiger partial charge in [0.15, 0.2) is 0 Å². The van der Waals surface area contributed by atoms with Crippen molar-refractivity contribution in [1.29, 1.82) is 0 Å². The molecule has 0 aromatic heterocycles. The summed E-state index contributed by atoms with van der Waals surface area (Å²) in [5, 5.41) is 0. The van der Waals surface area contributed by atoms with Crippen LogP contribution in [0.1, 0.15) is 10.4 Å². The Morgan fingerprint density at radius 3 is 1.64 bits per heavy atom. The van der Waals surface area contributed by atoms with Gasteiger partial charge in [-0.25, -0.2) is 0 Å². The van der Waals surface area contributed by atoms with Gasteiger partial charge in [-0.2, -0.15) is 0 Å². The number of hydrogen-bond acceptors (Lipinski definition) is 1. The lowest BCUT2D eigenvalue weighted by molar-refractivity contribution is 0.0998. The van der Waals surface area contributed by atoms with Gasteiger partial charge >= 0.3 is 0 Å². The normalized spacial score (nSPS) is 10.2. The van der Waals surface area contributed by atoms with E-state index in [0.717, 1.165) is 15.8 Å². The predicted octanol–water partition coefficient (Wildman–Crippen LogP) is 5.43. The smallest absolute Gasteiger partial charge is 0.263 e. The average molecular weight is 352 g/mol. The van der Waals surface area contributed by atoms with Gasteiger partial charge in [0, 0.05) is 15.8 Å². The molecule has 3 aromatic carbocycles. The van der Waals surface area contributed by atoms with E-state index in [-0.39, 0.29) is 5.91 Å². The lowest BCUT2D eigenvalue weighted by atomic mass is 10.1. The first-order valence-corrected chi connectivity index (χ1v) is 7.76. The molecule has 0 unspecified atom stereocenters. The van der Waals surface area contributed by atoms with Crippen molar-refractivity contribution in [2.45, 2.75) is 0 Å². The van der Waals surface area contributed by atoms with E-state index in [0.29, 0.717) is 5.56 Å². The number of carbonyl (C=O) groups excluding carboxylic acids is 1. The van der Waals surface area contributed by atoms with Crippen molar-refractivity contribution >= 4 is 33.2 Å². The van der Waals surface area contributed by atoms with E-state index in [1.807, 2.05) is 84.9 Å². The van der Waals surface area contributed by atoms with Crippen LogP contribution in [0.5, 0.6) is 0 Å². The highest BCUT2D eigenvalue weighted by atomic mass is 79.9. The summed E-state index contributed by atoms with van der Waals surface area (Å²) in [6, 6.07) is 26.8. The molecule has 1 amide bonds. The van der Waals surface area contributed by atoms with Crippen LogP contribution in [0.25, 0.3) is 0 Å². The summed E-state index contributed by atoms with van der Waals surface area (Å²) in [4.78, 5) is 14.8. The van der Waals surface area contributed by atoms with Crippen LogP contribution in [0.4, 0.5) is 11.4 Å². The van der Waals surface area contributed by atoms with Gasteiger partial charge in [-0.15, -0.1) is 0 Å². The molecule has 0 bridgehead atoms. The molecule has 0 spiro atoms. The zero-order valence-electron chi connectivity index (χ0n) is 11.8. The van der Waals surface area contributed by atoms with E-state index in [1.165, 1.54) is 0 Å². The molecule has 3 aromatic rings. The monoisotopic (exact) mass is 351 g/mol. The highest BCUT2D eigenvalue weighted by Gasteiger charge is 2.21. The molecule has 0 saturated heterocycles. The Labute approximate surface area is 138 Å². The predicted molar refractivity (Wildman–Crippen MR) is 93.5 cm³/mol.